The van der Waals surface area contributed by atoms with Gasteiger partial charge in [0.05, 0.1) is 6.20 Å². The van der Waals surface area contributed by atoms with Crippen LogP contribution >= 0.6 is 0 Å². The lowest BCUT2D eigenvalue weighted by molar-refractivity contribution is 0.572. The number of nitrogens with zero attached hydrogens (tertiary/aromatic N) is 4. The van der Waals surface area contributed by atoms with E-state index >= 15 is 0 Å². The van der Waals surface area contributed by atoms with Gasteiger partial charge in [-0.1, -0.05) is 0 Å². The third-order valence-corrected chi connectivity index (χ3v) is 2.76. The molecule has 82 valence electrons. The Kier molecular flexibility index (Phi) is 2.09. The zero-order valence-corrected chi connectivity index (χ0v) is 8.87. The molecule has 5 heteroatoms. The van der Waals surface area contributed by atoms with E-state index in [2.05, 4.69) is 15.1 Å². The summed E-state index contributed by atoms with van der Waals surface area (Å²) in [6.07, 6.45) is 7.59. The van der Waals surface area contributed by atoms with Crippen molar-refractivity contribution in [1.82, 2.24) is 19.7 Å². The summed E-state index contributed by atoms with van der Waals surface area (Å²) in [4.78, 5) is 8.23. The fraction of sp³-hybridized carbons (Fsp3) is 0.364. The maximum atomic E-state index is 5.91. The summed E-state index contributed by atoms with van der Waals surface area (Å²) in [6.45, 7) is 0.923. The lowest BCUT2D eigenvalue weighted by Crippen LogP contribution is -2.05. The van der Waals surface area contributed by atoms with Crippen molar-refractivity contribution < 1.29 is 0 Å². The number of hydrogen-bond acceptors (Lipinski definition) is 4. The van der Waals surface area contributed by atoms with Gasteiger partial charge in [0.2, 0.25) is 0 Å². The third-order valence-electron chi connectivity index (χ3n) is 2.76. The number of hydrogen-bond donors (Lipinski definition) is 1. The molecular formula is C11H13N5. The lowest BCUT2D eigenvalue weighted by atomic mass is 10.3. The van der Waals surface area contributed by atoms with Gasteiger partial charge in [0.1, 0.15) is 17.2 Å². The highest BCUT2D eigenvalue weighted by molar-refractivity contribution is 5.56. The highest BCUT2D eigenvalue weighted by Gasteiger charge is 2.23. The number of rotatable bonds is 3. The van der Waals surface area contributed by atoms with Crippen LogP contribution < -0.4 is 5.73 Å². The van der Waals surface area contributed by atoms with E-state index in [0.29, 0.717) is 5.82 Å². The highest BCUT2D eigenvalue weighted by atomic mass is 15.3. The summed E-state index contributed by atoms with van der Waals surface area (Å²) >= 11 is 0. The minimum atomic E-state index is 0.701. The Bertz CT molecular complexity index is 486. The Morgan fingerprint density at radius 1 is 1.31 bits per heavy atom. The van der Waals surface area contributed by atoms with Crippen molar-refractivity contribution in [3.8, 4) is 11.4 Å². The van der Waals surface area contributed by atoms with Crippen LogP contribution in [-0.4, -0.2) is 19.7 Å². The SMILES string of the molecule is Nc1cc(-c2cnccn2)nn1CC1CC1. The molecule has 1 aliphatic rings. The maximum absolute atomic E-state index is 5.91. The number of aromatic nitrogens is 4. The molecule has 0 unspecified atom stereocenters. The molecule has 0 spiro atoms. The summed E-state index contributed by atoms with van der Waals surface area (Å²) < 4.78 is 1.86. The maximum Gasteiger partial charge on any atom is 0.122 e. The van der Waals surface area contributed by atoms with Crippen LogP contribution in [0.5, 0.6) is 0 Å². The zero-order chi connectivity index (χ0) is 11.0. The first-order valence-electron chi connectivity index (χ1n) is 5.42. The molecule has 1 saturated carbocycles. The average Bonchev–Trinajstić information content (AvgIpc) is 3.05. The molecule has 16 heavy (non-hydrogen) atoms. The lowest BCUT2D eigenvalue weighted by Gasteiger charge is -2.00. The molecule has 0 radical (unpaired) electrons. The molecule has 2 heterocycles. The van der Waals surface area contributed by atoms with Gasteiger partial charge in [-0.15, -0.1) is 0 Å². The molecule has 0 bridgehead atoms. The first-order chi connectivity index (χ1) is 7.83. The molecule has 2 aromatic heterocycles. The molecule has 0 aromatic carbocycles. The van der Waals surface area contributed by atoms with Gasteiger partial charge >= 0.3 is 0 Å². The van der Waals surface area contributed by atoms with E-state index in [-0.39, 0.29) is 0 Å². The minimum absolute atomic E-state index is 0.701. The van der Waals surface area contributed by atoms with Crippen LogP contribution in [0.3, 0.4) is 0 Å². The number of anilines is 1. The summed E-state index contributed by atoms with van der Waals surface area (Å²) in [5.41, 5.74) is 7.47. The molecule has 2 aromatic rings. The Labute approximate surface area is 93.3 Å². The van der Waals surface area contributed by atoms with Crippen LogP contribution in [0.1, 0.15) is 12.8 Å². The predicted molar refractivity (Wildman–Crippen MR) is 60.4 cm³/mol. The van der Waals surface area contributed by atoms with Gasteiger partial charge in [0, 0.05) is 25.0 Å². The van der Waals surface area contributed by atoms with Gasteiger partial charge < -0.3 is 5.73 Å². The molecule has 0 aliphatic heterocycles. The largest absolute Gasteiger partial charge is 0.384 e. The molecule has 2 N–H and O–H groups in total. The van der Waals surface area contributed by atoms with E-state index in [1.54, 1.807) is 18.6 Å². The fourth-order valence-electron chi connectivity index (χ4n) is 1.68. The van der Waals surface area contributed by atoms with Crippen molar-refractivity contribution in [3.05, 3.63) is 24.7 Å². The second-order valence-corrected chi connectivity index (χ2v) is 4.17. The highest BCUT2D eigenvalue weighted by Crippen LogP contribution is 2.31. The fourth-order valence-corrected chi connectivity index (χ4v) is 1.68. The van der Waals surface area contributed by atoms with Crippen molar-refractivity contribution in [3.63, 3.8) is 0 Å². The molecular weight excluding hydrogens is 202 g/mol. The average molecular weight is 215 g/mol. The summed E-state index contributed by atoms with van der Waals surface area (Å²) in [5.74, 6) is 1.46. The predicted octanol–water partition coefficient (Wildman–Crippen LogP) is 1.33. The van der Waals surface area contributed by atoms with Gasteiger partial charge in [-0.2, -0.15) is 5.10 Å². The normalized spacial score (nSPS) is 15.2. The van der Waals surface area contributed by atoms with Gasteiger partial charge in [-0.25, -0.2) is 4.68 Å². The topological polar surface area (TPSA) is 69.6 Å². The second kappa shape index (κ2) is 3.59. The standard InChI is InChI=1S/C11H13N5/c12-11-5-9(10-6-13-3-4-14-10)15-16(11)7-8-1-2-8/h3-6,8H,1-2,7,12H2. The van der Waals surface area contributed by atoms with Crippen LogP contribution in [0.4, 0.5) is 5.82 Å². The quantitative estimate of drug-likeness (QED) is 0.838. The van der Waals surface area contributed by atoms with Crippen LogP contribution in [0.2, 0.25) is 0 Å². The van der Waals surface area contributed by atoms with Crippen molar-refractivity contribution in [1.29, 1.82) is 0 Å². The molecule has 1 fully saturated rings. The van der Waals surface area contributed by atoms with Gasteiger partial charge in [-0.05, 0) is 18.8 Å². The van der Waals surface area contributed by atoms with E-state index in [4.69, 9.17) is 5.73 Å². The summed E-state index contributed by atoms with van der Waals surface area (Å²) in [5, 5.41) is 4.45. The van der Waals surface area contributed by atoms with E-state index in [1.165, 1.54) is 12.8 Å². The van der Waals surface area contributed by atoms with Crippen LogP contribution in [0, 0.1) is 5.92 Å². The summed E-state index contributed by atoms with van der Waals surface area (Å²) in [6, 6.07) is 1.85. The van der Waals surface area contributed by atoms with Crippen molar-refractivity contribution in [2.24, 2.45) is 5.92 Å². The van der Waals surface area contributed by atoms with Crippen molar-refractivity contribution in [2.75, 3.05) is 5.73 Å². The first-order valence-corrected chi connectivity index (χ1v) is 5.42. The van der Waals surface area contributed by atoms with Crippen LogP contribution in [-0.2, 0) is 6.54 Å². The Morgan fingerprint density at radius 3 is 2.88 bits per heavy atom. The Hall–Kier alpha value is -1.91. The number of nitrogens with two attached hydrogens (primary N) is 1. The molecule has 0 amide bonds. The molecule has 3 rings (SSSR count). The Balaban J connectivity index is 1.90. The van der Waals surface area contributed by atoms with E-state index in [9.17, 15) is 0 Å². The van der Waals surface area contributed by atoms with Gasteiger partial charge in [-0.3, -0.25) is 9.97 Å². The van der Waals surface area contributed by atoms with E-state index in [0.717, 1.165) is 23.9 Å². The molecule has 5 nitrogen and oxygen atoms in total. The van der Waals surface area contributed by atoms with E-state index in [1.807, 2.05) is 10.7 Å². The smallest absolute Gasteiger partial charge is 0.122 e. The van der Waals surface area contributed by atoms with Crippen LogP contribution in [0.15, 0.2) is 24.7 Å². The first kappa shape index (κ1) is 9.33. The molecule has 0 saturated heterocycles. The third kappa shape index (κ3) is 1.76. The van der Waals surface area contributed by atoms with Crippen molar-refractivity contribution >= 4 is 5.82 Å². The summed E-state index contributed by atoms with van der Waals surface area (Å²) in [7, 11) is 0. The minimum Gasteiger partial charge on any atom is -0.384 e. The van der Waals surface area contributed by atoms with Crippen molar-refractivity contribution in [2.45, 2.75) is 19.4 Å². The monoisotopic (exact) mass is 215 g/mol. The van der Waals surface area contributed by atoms with E-state index < -0.39 is 0 Å². The molecule has 1 aliphatic carbocycles. The number of nitrogen functional groups attached to an aromatic ring is 1. The van der Waals surface area contributed by atoms with Gasteiger partial charge in [0.15, 0.2) is 0 Å². The zero-order valence-electron chi connectivity index (χ0n) is 8.87. The van der Waals surface area contributed by atoms with Crippen LogP contribution in [0.25, 0.3) is 11.4 Å². The van der Waals surface area contributed by atoms with Gasteiger partial charge in [0.25, 0.3) is 0 Å². The molecule has 0 atom stereocenters. The Morgan fingerprint density at radius 2 is 2.19 bits per heavy atom. The second-order valence-electron chi connectivity index (χ2n) is 4.17.